The average molecular weight is 173 g/mol. The van der Waals surface area contributed by atoms with E-state index in [9.17, 15) is 0 Å². The molecule has 2 atom stereocenters. The molecule has 0 aliphatic heterocycles. The first-order valence-electron chi connectivity index (χ1n) is 5.12. The molecule has 0 radical (unpaired) electrons. The molecule has 0 bridgehead atoms. The van der Waals surface area contributed by atoms with E-state index in [2.05, 4.69) is 5.32 Å². The molecule has 1 aliphatic carbocycles. The van der Waals surface area contributed by atoms with Crippen LogP contribution in [0.4, 0.5) is 0 Å². The van der Waals surface area contributed by atoms with Crippen LogP contribution in [0.2, 0.25) is 0 Å². The fourth-order valence-electron chi connectivity index (χ4n) is 1.82. The van der Waals surface area contributed by atoms with Gasteiger partial charge in [-0.25, -0.2) is 0 Å². The highest BCUT2D eigenvalue weighted by molar-refractivity contribution is 4.75. The predicted octanol–water partition coefficient (Wildman–Crippen LogP) is 1.64. The minimum Gasteiger partial charge on any atom is -0.396 e. The van der Waals surface area contributed by atoms with Crippen LogP contribution in [0.1, 0.15) is 33.1 Å². The second-order valence-electron chi connectivity index (χ2n) is 3.29. The van der Waals surface area contributed by atoms with Crippen LogP contribution in [0.25, 0.3) is 0 Å². The molecule has 2 N–H and O–H groups in total. The maximum Gasteiger partial charge on any atom is 0.0459 e. The van der Waals surface area contributed by atoms with Gasteiger partial charge in [-0.05, 0) is 44.7 Å². The molecule has 74 valence electrons. The van der Waals surface area contributed by atoms with Crippen molar-refractivity contribution < 1.29 is 5.11 Å². The molecule has 2 heteroatoms. The zero-order chi connectivity index (χ0) is 9.40. The molecule has 0 aromatic heterocycles. The molecule has 0 heterocycles. The van der Waals surface area contributed by atoms with E-state index < -0.39 is 0 Å². The Balaban J connectivity index is 0.000000561. The fourth-order valence-corrected chi connectivity index (χ4v) is 1.82. The van der Waals surface area contributed by atoms with Gasteiger partial charge in [0.05, 0.1) is 0 Å². The molecule has 0 aromatic rings. The van der Waals surface area contributed by atoms with Crippen molar-refractivity contribution in [3.8, 4) is 0 Å². The summed E-state index contributed by atoms with van der Waals surface area (Å²) in [5, 5.41) is 12.0. The van der Waals surface area contributed by atoms with Crippen molar-refractivity contribution in [2.45, 2.75) is 33.1 Å². The van der Waals surface area contributed by atoms with Crippen molar-refractivity contribution in [2.24, 2.45) is 11.8 Å². The first-order chi connectivity index (χ1) is 5.86. The third kappa shape index (κ3) is 4.07. The van der Waals surface area contributed by atoms with Gasteiger partial charge in [-0.2, -0.15) is 0 Å². The SMILES string of the molecule is CC.CNCC1CCC(CO)C1. The zero-order valence-electron chi connectivity index (χ0n) is 8.64. The van der Waals surface area contributed by atoms with Gasteiger partial charge >= 0.3 is 0 Å². The van der Waals surface area contributed by atoms with Crippen molar-refractivity contribution in [3.05, 3.63) is 0 Å². The van der Waals surface area contributed by atoms with Crippen molar-refractivity contribution in [1.29, 1.82) is 0 Å². The Labute approximate surface area is 76.4 Å². The highest BCUT2D eigenvalue weighted by Gasteiger charge is 2.22. The van der Waals surface area contributed by atoms with Gasteiger partial charge in [0.2, 0.25) is 0 Å². The molecule has 0 saturated heterocycles. The monoisotopic (exact) mass is 173 g/mol. The Morgan fingerprint density at radius 1 is 1.25 bits per heavy atom. The highest BCUT2D eigenvalue weighted by atomic mass is 16.3. The van der Waals surface area contributed by atoms with Gasteiger partial charge in [0.15, 0.2) is 0 Å². The quantitative estimate of drug-likeness (QED) is 0.680. The van der Waals surface area contributed by atoms with Crippen LogP contribution >= 0.6 is 0 Å². The van der Waals surface area contributed by atoms with E-state index in [1.807, 2.05) is 20.9 Å². The van der Waals surface area contributed by atoms with E-state index in [0.717, 1.165) is 12.5 Å². The topological polar surface area (TPSA) is 32.3 Å². The molecule has 1 saturated carbocycles. The summed E-state index contributed by atoms with van der Waals surface area (Å²) in [6.45, 7) is 5.51. The van der Waals surface area contributed by atoms with Crippen molar-refractivity contribution in [2.75, 3.05) is 20.2 Å². The van der Waals surface area contributed by atoms with Gasteiger partial charge in [-0.3, -0.25) is 0 Å². The lowest BCUT2D eigenvalue weighted by atomic mass is 10.1. The van der Waals surface area contributed by atoms with Crippen molar-refractivity contribution in [1.82, 2.24) is 5.32 Å². The van der Waals surface area contributed by atoms with Crippen LogP contribution in [0.3, 0.4) is 0 Å². The highest BCUT2D eigenvalue weighted by Crippen LogP contribution is 2.29. The molecule has 0 spiro atoms. The van der Waals surface area contributed by atoms with Gasteiger partial charge in [-0.1, -0.05) is 13.8 Å². The van der Waals surface area contributed by atoms with Crippen LogP contribution in [-0.2, 0) is 0 Å². The van der Waals surface area contributed by atoms with E-state index in [1.54, 1.807) is 0 Å². The Hall–Kier alpha value is -0.0800. The third-order valence-electron chi connectivity index (χ3n) is 2.40. The molecule has 2 nitrogen and oxygen atoms in total. The Morgan fingerprint density at radius 3 is 2.25 bits per heavy atom. The van der Waals surface area contributed by atoms with Crippen LogP contribution < -0.4 is 5.32 Å². The minimum absolute atomic E-state index is 0.389. The minimum atomic E-state index is 0.389. The molecular formula is C10H23NO. The molecule has 0 aromatic carbocycles. The fraction of sp³-hybridized carbons (Fsp3) is 1.00. The van der Waals surface area contributed by atoms with Crippen LogP contribution in [0.5, 0.6) is 0 Å². The summed E-state index contributed by atoms with van der Waals surface area (Å²) in [7, 11) is 1.99. The van der Waals surface area contributed by atoms with Crippen LogP contribution in [0.15, 0.2) is 0 Å². The maximum absolute atomic E-state index is 8.83. The molecule has 0 amide bonds. The standard InChI is InChI=1S/C8H17NO.C2H6/c1-9-5-7-2-3-8(4-7)6-10;1-2/h7-10H,2-6H2,1H3;1-2H3. The molecular weight excluding hydrogens is 150 g/mol. The number of nitrogens with one attached hydrogen (secondary N) is 1. The van der Waals surface area contributed by atoms with Gasteiger partial charge in [-0.15, -0.1) is 0 Å². The van der Waals surface area contributed by atoms with E-state index in [0.29, 0.717) is 12.5 Å². The predicted molar refractivity (Wildman–Crippen MR) is 53.2 cm³/mol. The summed E-state index contributed by atoms with van der Waals surface area (Å²) in [6, 6.07) is 0. The largest absolute Gasteiger partial charge is 0.396 e. The second kappa shape index (κ2) is 7.56. The lowest BCUT2D eigenvalue weighted by Crippen LogP contribution is -2.16. The van der Waals surface area contributed by atoms with Crippen LogP contribution in [0, 0.1) is 11.8 Å². The maximum atomic E-state index is 8.83. The van der Waals surface area contributed by atoms with E-state index >= 15 is 0 Å². The van der Waals surface area contributed by atoms with Gasteiger partial charge in [0, 0.05) is 6.61 Å². The summed E-state index contributed by atoms with van der Waals surface area (Å²) < 4.78 is 0. The summed E-state index contributed by atoms with van der Waals surface area (Å²) in [5.41, 5.74) is 0. The molecule has 1 aliphatic rings. The zero-order valence-corrected chi connectivity index (χ0v) is 8.64. The third-order valence-corrected chi connectivity index (χ3v) is 2.40. The number of aliphatic hydroxyl groups is 1. The summed E-state index contributed by atoms with van der Waals surface area (Å²) in [6.07, 6.45) is 3.74. The Kier molecular flexibility index (Phi) is 7.51. The summed E-state index contributed by atoms with van der Waals surface area (Å²) in [5.74, 6) is 1.42. The molecule has 12 heavy (non-hydrogen) atoms. The van der Waals surface area contributed by atoms with Gasteiger partial charge in [0.1, 0.15) is 0 Å². The van der Waals surface area contributed by atoms with Gasteiger partial charge in [0.25, 0.3) is 0 Å². The lowest BCUT2D eigenvalue weighted by Gasteiger charge is -2.07. The Bertz CT molecular complexity index is 95.8. The Morgan fingerprint density at radius 2 is 1.83 bits per heavy atom. The number of aliphatic hydroxyl groups excluding tert-OH is 1. The lowest BCUT2D eigenvalue weighted by molar-refractivity contribution is 0.226. The smallest absolute Gasteiger partial charge is 0.0459 e. The normalized spacial score (nSPS) is 28.0. The summed E-state index contributed by atoms with van der Waals surface area (Å²) in [4.78, 5) is 0. The van der Waals surface area contributed by atoms with Crippen molar-refractivity contribution >= 4 is 0 Å². The molecule has 2 unspecified atom stereocenters. The van der Waals surface area contributed by atoms with E-state index in [1.165, 1.54) is 19.3 Å². The van der Waals surface area contributed by atoms with Gasteiger partial charge < -0.3 is 10.4 Å². The van der Waals surface area contributed by atoms with Crippen molar-refractivity contribution in [3.63, 3.8) is 0 Å². The number of rotatable bonds is 3. The number of hydrogen-bond acceptors (Lipinski definition) is 2. The van der Waals surface area contributed by atoms with E-state index in [-0.39, 0.29) is 0 Å². The average Bonchev–Trinajstić information content (AvgIpc) is 2.57. The first kappa shape index (κ1) is 11.9. The first-order valence-corrected chi connectivity index (χ1v) is 5.12. The second-order valence-corrected chi connectivity index (χ2v) is 3.29. The summed E-state index contributed by atoms with van der Waals surface area (Å²) >= 11 is 0. The van der Waals surface area contributed by atoms with E-state index in [4.69, 9.17) is 5.11 Å². The van der Waals surface area contributed by atoms with Crippen LogP contribution in [-0.4, -0.2) is 25.3 Å². The molecule has 1 rings (SSSR count). The molecule has 1 fully saturated rings. The number of hydrogen-bond donors (Lipinski definition) is 2.